The molecule has 0 aliphatic heterocycles. The number of ether oxygens (including phenoxy) is 2. The van der Waals surface area contributed by atoms with Crippen molar-refractivity contribution in [1.82, 2.24) is 10.2 Å². The van der Waals surface area contributed by atoms with Gasteiger partial charge in [0, 0.05) is 10.7 Å². The lowest BCUT2D eigenvalue weighted by atomic mass is 10.1. The lowest BCUT2D eigenvalue weighted by molar-refractivity contribution is 0.0170. The van der Waals surface area contributed by atoms with Crippen LogP contribution < -0.4 is 0 Å². The van der Waals surface area contributed by atoms with Crippen LogP contribution in [0, 0.1) is 0 Å². The number of aromatic amines is 1. The quantitative estimate of drug-likeness (QED) is 0.464. The van der Waals surface area contributed by atoms with Gasteiger partial charge in [0.2, 0.25) is 0 Å². The summed E-state index contributed by atoms with van der Waals surface area (Å²) in [5, 5.41) is 6.24. The lowest BCUT2D eigenvalue weighted by Crippen LogP contribution is -2.15. The highest BCUT2D eigenvalue weighted by Gasteiger charge is 2.30. The van der Waals surface area contributed by atoms with Gasteiger partial charge in [0.15, 0.2) is 5.69 Å². The van der Waals surface area contributed by atoms with Crippen molar-refractivity contribution in [2.45, 2.75) is 44.6 Å². The Morgan fingerprint density at radius 2 is 1.90 bits per heavy atom. The molecule has 0 saturated heterocycles. The first-order valence-electron chi connectivity index (χ1n) is 6.46. The largest absolute Gasteiger partial charge is 0.458 e. The summed E-state index contributed by atoms with van der Waals surface area (Å²) in [4.78, 5) is 11.6. The molecule has 0 fully saturated rings. The lowest BCUT2D eigenvalue weighted by Gasteiger charge is -2.08. The van der Waals surface area contributed by atoms with E-state index in [0.717, 1.165) is 0 Å². The van der Waals surface area contributed by atoms with Gasteiger partial charge in [0.1, 0.15) is 11.5 Å². The Bertz CT molecular complexity index is 595. The van der Waals surface area contributed by atoms with Crippen molar-refractivity contribution < 1.29 is 22.7 Å². The molecule has 0 spiro atoms. The van der Waals surface area contributed by atoms with Crippen molar-refractivity contribution in [2.75, 3.05) is 13.2 Å². The predicted molar refractivity (Wildman–Crippen MR) is 77.1 cm³/mol. The number of esters is 1. The third kappa shape index (κ3) is 4.98. The van der Waals surface area contributed by atoms with Crippen LogP contribution >= 0.6 is 10.7 Å². The second kappa shape index (κ2) is 7.24. The Kier molecular flexibility index (Phi) is 6.18. The van der Waals surface area contributed by atoms with E-state index in [1.54, 1.807) is 13.8 Å². The fourth-order valence-electron chi connectivity index (χ4n) is 1.61. The van der Waals surface area contributed by atoms with Gasteiger partial charge in [-0.05, 0) is 19.8 Å². The highest BCUT2D eigenvalue weighted by atomic mass is 35.7. The summed E-state index contributed by atoms with van der Waals surface area (Å²) in [7, 11) is 1.27. The van der Waals surface area contributed by atoms with Gasteiger partial charge < -0.3 is 9.47 Å². The Labute approximate surface area is 128 Å². The van der Waals surface area contributed by atoms with Gasteiger partial charge in [-0.3, -0.25) is 5.10 Å². The van der Waals surface area contributed by atoms with E-state index in [2.05, 4.69) is 10.2 Å². The zero-order chi connectivity index (χ0) is 16.2. The van der Waals surface area contributed by atoms with E-state index < -0.39 is 15.0 Å². The molecule has 0 atom stereocenters. The SMILES string of the molecule is CC(C)OCCOC(=O)c1n[nH]c(C(C)C)c1S(=O)(=O)Cl. The van der Waals surface area contributed by atoms with Crippen molar-refractivity contribution >= 4 is 25.7 Å². The van der Waals surface area contributed by atoms with Crippen LogP contribution in [0.5, 0.6) is 0 Å². The Balaban J connectivity index is 2.90. The molecule has 7 nitrogen and oxygen atoms in total. The molecule has 1 heterocycles. The molecule has 1 N–H and O–H groups in total. The molecule has 1 aromatic rings. The number of H-pyrrole nitrogens is 1. The smallest absolute Gasteiger partial charge is 0.360 e. The van der Waals surface area contributed by atoms with Crippen molar-refractivity contribution in [3.8, 4) is 0 Å². The molecule has 1 aromatic heterocycles. The molecule has 1 rings (SSSR count). The summed E-state index contributed by atoms with van der Waals surface area (Å²) in [6.07, 6.45) is 0.0143. The summed E-state index contributed by atoms with van der Waals surface area (Å²) in [6, 6.07) is 0. The molecule has 0 amide bonds. The van der Waals surface area contributed by atoms with E-state index in [-0.39, 0.29) is 41.5 Å². The summed E-state index contributed by atoms with van der Waals surface area (Å²) >= 11 is 0. The molecule has 0 bridgehead atoms. The average molecular weight is 339 g/mol. The molecule has 0 aliphatic rings. The van der Waals surface area contributed by atoms with E-state index in [1.807, 2.05) is 13.8 Å². The Morgan fingerprint density at radius 3 is 2.38 bits per heavy atom. The number of carbonyl (C=O) groups excluding carboxylic acids is 1. The van der Waals surface area contributed by atoms with Crippen molar-refractivity contribution in [3.63, 3.8) is 0 Å². The van der Waals surface area contributed by atoms with Gasteiger partial charge in [0.25, 0.3) is 9.05 Å². The second-order valence-corrected chi connectivity index (χ2v) is 7.47. The van der Waals surface area contributed by atoms with Crippen molar-refractivity contribution in [2.24, 2.45) is 0 Å². The number of hydrogen-bond acceptors (Lipinski definition) is 6. The molecular weight excluding hydrogens is 320 g/mol. The molecule has 0 aliphatic carbocycles. The van der Waals surface area contributed by atoms with Crippen LogP contribution in [0.4, 0.5) is 0 Å². The molecule has 0 aromatic carbocycles. The van der Waals surface area contributed by atoms with Crippen LogP contribution in [0.1, 0.15) is 49.8 Å². The maximum atomic E-state index is 11.9. The number of nitrogens with zero attached hydrogens (tertiary/aromatic N) is 1. The van der Waals surface area contributed by atoms with Crippen LogP contribution in [0.25, 0.3) is 0 Å². The number of aromatic nitrogens is 2. The maximum Gasteiger partial charge on any atom is 0.360 e. The van der Waals surface area contributed by atoms with E-state index in [4.69, 9.17) is 20.2 Å². The van der Waals surface area contributed by atoms with Gasteiger partial charge in [0.05, 0.1) is 18.4 Å². The first-order valence-corrected chi connectivity index (χ1v) is 8.77. The number of rotatable bonds is 7. The van der Waals surface area contributed by atoms with Crippen molar-refractivity contribution in [1.29, 1.82) is 0 Å². The van der Waals surface area contributed by atoms with Gasteiger partial charge in [-0.15, -0.1) is 0 Å². The maximum absolute atomic E-state index is 11.9. The number of halogens is 1. The highest BCUT2D eigenvalue weighted by Crippen LogP contribution is 2.28. The van der Waals surface area contributed by atoms with Gasteiger partial charge in [-0.2, -0.15) is 5.10 Å². The Morgan fingerprint density at radius 1 is 1.29 bits per heavy atom. The summed E-state index contributed by atoms with van der Waals surface area (Å²) < 4.78 is 33.4. The topological polar surface area (TPSA) is 98.3 Å². The van der Waals surface area contributed by atoms with E-state index >= 15 is 0 Å². The fourth-order valence-corrected chi connectivity index (χ4v) is 2.98. The van der Waals surface area contributed by atoms with Crippen molar-refractivity contribution in [3.05, 3.63) is 11.4 Å². The summed E-state index contributed by atoms with van der Waals surface area (Å²) in [5.74, 6) is -1.04. The molecule has 21 heavy (non-hydrogen) atoms. The minimum Gasteiger partial charge on any atom is -0.458 e. The Hall–Kier alpha value is -1.12. The predicted octanol–water partition coefficient (Wildman–Crippen LogP) is 2.04. The zero-order valence-corrected chi connectivity index (χ0v) is 13.9. The molecule has 0 radical (unpaired) electrons. The number of hydrogen-bond donors (Lipinski definition) is 1. The standard InChI is InChI=1S/C12H19ClN2O5S/c1-7(2)9-11(21(13,17)18)10(15-14-9)12(16)20-6-5-19-8(3)4/h7-8H,5-6H2,1-4H3,(H,14,15). The van der Waals surface area contributed by atoms with Gasteiger partial charge in [-0.25, -0.2) is 13.2 Å². The monoisotopic (exact) mass is 338 g/mol. The zero-order valence-electron chi connectivity index (χ0n) is 12.3. The van der Waals surface area contributed by atoms with Crippen LogP contribution in [0.2, 0.25) is 0 Å². The third-order valence-corrected chi connectivity index (χ3v) is 3.89. The molecule has 9 heteroatoms. The fraction of sp³-hybridized carbons (Fsp3) is 0.667. The molecule has 0 saturated carbocycles. The van der Waals surface area contributed by atoms with Crippen LogP contribution in [-0.4, -0.2) is 43.9 Å². The number of nitrogens with one attached hydrogen (secondary N) is 1. The number of carbonyl (C=O) groups is 1. The highest BCUT2D eigenvalue weighted by molar-refractivity contribution is 8.13. The molecule has 0 unspecified atom stereocenters. The molecule has 120 valence electrons. The van der Waals surface area contributed by atoms with Gasteiger partial charge in [-0.1, -0.05) is 13.8 Å². The van der Waals surface area contributed by atoms with Crippen LogP contribution in [0.3, 0.4) is 0 Å². The van der Waals surface area contributed by atoms with E-state index in [1.165, 1.54) is 0 Å². The minimum absolute atomic E-state index is 0.00264. The minimum atomic E-state index is -4.11. The van der Waals surface area contributed by atoms with E-state index in [9.17, 15) is 13.2 Å². The van der Waals surface area contributed by atoms with Crippen LogP contribution in [0.15, 0.2) is 4.90 Å². The molecular formula is C12H19ClN2O5S. The first-order chi connectivity index (χ1) is 9.64. The summed E-state index contributed by atoms with van der Waals surface area (Å²) in [5.41, 5.74) is -0.0615. The van der Waals surface area contributed by atoms with Crippen LogP contribution in [-0.2, 0) is 18.5 Å². The summed E-state index contributed by atoms with van der Waals surface area (Å²) in [6.45, 7) is 7.43. The average Bonchev–Trinajstić information content (AvgIpc) is 2.78. The third-order valence-electron chi connectivity index (χ3n) is 2.53. The first kappa shape index (κ1) is 17.9. The van der Waals surface area contributed by atoms with E-state index in [0.29, 0.717) is 0 Å². The van der Waals surface area contributed by atoms with Gasteiger partial charge >= 0.3 is 5.97 Å². The normalized spacial score (nSPS) is 12.1. The second-order valence-electron chi connectivity index (χ2n) is 4.96.